The summed E-state index contributed by atoms with van der Waals surface area (Å²) in [5, 5.41) is 23.0. The van der Waals surface area contributed by atoms with Gasteiger partial charge in [0.1, 0.15) is 6.04 Å². The van der Waals surface area contributed by atoms with E-state index in [4.69, 9.17) is 10.2 Å². The van der Waals surface area contributed by atoms with Crippen LogP contribution in [-0.4, -0.2) is 47.2 Å². The van der Waals surface area contributed by atoms with Crippen LogP contribution in [-0.2, 0) is 14.4 Å². The summed E-state index contributed by atoms with van der Waals surface area (Å²) in [6.45, 7) is 1.86. The highest BCUT2D eigenvalue weighted by Gasteiger charge is 2.22. The largest absolute Gasteiger partial charge is 0.481 e. The second-order valence-electron chi connectivity index (χ2n) is 4.79. The topological polar surface area (TPSA) is 116 Å². The van der Waals surface area contributed by atoms with Crippen LogP contribution in [0.15, 0.2) is 0 Å². The fourth-order valence-corrected chi connectivity index (χ4v) is 2.09. The van der Waals surface area contributed by atoms with Gasteiger partial charge in [-0.2, -0.15) is 0 Å². The molecule has 1 saturated heterocycles. The molecule has 0 aromatic heterocycles. The summed E-state index contributed by atoms with van der Waals surface area (Å²) in [6.07, 6.45) is 1.67. The molecule has 1 aliphatic rings. The second kappa shape index (κ2) is 7.73. The number of carbonyl (C=O) groups is 3. The number of amides is 1. The number of carbonyl (C=O) groups excluding carboxylic acids is 1. The summed E-state index contributed by atoms with van der Waals surface area (Å²) in [6, 6.07) is -1.12. The molecule has 2 atom stereocenters. The fourth-order valence-electron chi connectivity index (χ4n) is 2.09. The van der Waals surface area contributed by atoms with E-state index in [1.807, 2.05) is 0 Å². The zero-order valence-electron chi connectivity index (χ0n) is 10.7. The molecular weight excluding hydrogens is 252 g/mol. The van der Waals surface area contributed by atoms with Crippen LogP contribution in [0.2, 0.25) is 0 Å². The van der Waals surface area contributed by atoms with Crippen LogP contribution in [0.5, 0.6) is 0 Å². The quantitative estimate of drug-likeness (QED) is 0.487. The molecule has 1 amide bonds. The van der Waals surface area contributed by atoms with Gasteiger partial charge in [0.15, 0.2) is 0 Å². The Balaban J connectivity index is 2.29. The molecule has 0 aromatic carbocycles. The summed E-state index contributed by atoms with van der Waals surface area (Å²) in [7, 11) is 0. The molecule has 19 heavy (non-hydrogen) atoms. The van der Waals surface area contributed by atoms with Gasteiger partial charge in [-0.3, -0.25) is 9.59 Å². The second-order valence-corrected chi connectivity index (χ2v) is 4.79. The van der Waals surface area contributed by atoms with Crippen LogP contribution in [0.1, 0.15) is 32.1 Å². The van der Waals surface area contributed by atoms with E-state index < -0.39 is 18.0 Å². The van der Waals surface area contributed by atoms with E-state index in [9.17, 15) is 14.4 Å². The fraction of sp³-hybridized carbons (Fsp3) is 0.750. The van der Waals surface area contributed by atoms with Gasteiger partial charge in [0.05, 0.1) is 0 Å². The Hall–Kier alpha value is -1.63. The monoisotopic (exact) mass is 272 g/mol. The molecule has 1 rings (SSSR count). The standard InChI is InChI=1S/C12H20N2O5/c15-10(3-1-8-5-6-13-7-8)14-9(12(18)19)2-4-11(16)17/h8-9,13H,1-7H2,(H,14,15)(H,16,17)(H,18,19). The van der Waals surface area contributed by atoms with Crippen molar-refractivity contribution in [2.24, 2.45) is 5.92 Å². The molecule has 1 heterocycles. The average Bonchev–Trinajstić information content (AvgIpc) is 2.84. The molecule has 108 valence electrons. The average molecular weight is 272 g/mol. The van der Waals surface area contributed by atoms with E-state index in [1.165, 1.54) is 0 Å². The number of hydrogen-bond donors (Lipinski definition) is 4. The van der Waals surface area contributed by atoms with Gasteiger partial charge in [0.25, 0.3) is 0 Å². The predicted octanol–water partition coefficient (Wildman–Crippen LogP) is -0.190. The Labute approximate surface area is 111 Å². The van der Waals surface area contributed by atoms with Crippen molar-refractivity contribution in [3.8, 4) is 0 Å². The van der Waals surface area contributed by atoms with Gasteiger partial charge in [-0.05, 0) is 38.3 Å². The third-order valence-electron chi connectivity index (χ3n) is 3.22. The van der Waals surface area contributed by atoms with Gasteiger partial charge in [-0.1, -0.05) is 0 Å². The lowest BCUT2D eigenvalue weighted by Crippen LogP contribution is -2.41. The van der Waals surface area contributed by atoms with Crippen LogP contribution in [0.3, 0.4) is 0 Å². The zero-order valence-corrected chi connectivity index (χ0v) is 10.7. The van der Waals surface area contributed by atoms with Crippen LogP contribution < -0.4 is 10.6 Å². The molecule has 4 N–H and O–H groups in total. The predicted molar refractivity (Wildman–Crippen MR) is 66.6 cm³/mol. The Bertz CT molecular complexity index is 339. The smallest absolute Gasteiger partial charge is 0.326 e. The van der Waals surface area contributed by atoms with Crippen LogP contribution in [0, 0.1) is 5.92 Å². The van der Waals surface area contributed by atoms with Crippen LogP contribution in [0.25, 0.3) is 0 Å². The lowest BCUT2D eigenvalue weighted by Gasteiger charge is -2.14. The molecule has 0 aromatic rings. The van der Waals surface area contributed by atoms with Crippen molar-refractivity contribution < 1.29 is 24.6 Å². The Morgan fingerprint density at radius 3 is 2.53 bits per heavy atom. The van der Waals surface area contributed by atoms with Crippen molar-refractivity contribution in [2.45, 2.75) is 38.1 Å². The summed E-state index contributed by atoms with van der Waals surface area (Å²) >= 11 is 0. The normalized spacial score (nSPS) is 19.9. The highest BCUT2D eigenvalue weighted by Crippen LogP contribution is 2.14. The molecule has 0 saturated carbocycles. The Morgan fingerprint density at radius 2 is 2.00 bits per heavy atom. The van der Waals surface area contributed by atoms with Gasteiger partial charge in [-0.25, -0.2) is 4.79 Å². The lowest BCUT2D eigenvalue weighted by atomic mass is 10.0. The molecule has 0 spiro atoms. The van der Waals surface area contributed by atoms with Crippen molar-refractivity contribution in [1.29, 1.82) is 0 Å². The maximum atomic E-state index is 11.6. The highest BCUT2D eigenvalue weighted by molar-refractivity contribution is 5.83. The number of rotatable bonds is 8. The highest BCUT2D eigenvalue weighted by atomic mass is 16.4. The molecule has 1 aliphatic heterocycles. The number of aliphatic carboxylic acids is 2. The lowest BCUT2D eigenvalue weighted by molar-refractivity contribution is -0.143. The summed E-state index contributed by atoms with van der Waals surface area (Å²) in [4.78, 5) is 32.9. The maximum absolute atomic E-state index is 11.6. The van der Waals surface area contributed by atoms with Crippen molar-refractivity contribution in [2.75, 3.05) is 13.1 Å². The first-order valence-corrected chi connectivity index (χ1v) is 6.43. The van der Waals surface area contributed by atoms with Gasteiger partial charge in [0.2, 0.25) is 5.91 Å². The zero-order chi connectivity index (χ0) is 14.3. The molecule has 0 aliphatic carbocycles. The number of carboxylic acid groups (broad SMARTS) is 2. The van der Waals surface area contributed by atoms with Gasteiger partial charge >= 0.3 is 11.9 Å². The van der Waals surface area contributed by atoms with Crippen LogP contribution in [0.4, 0.5) is 0 Å². The Morgan fingerprint density at radius 1 is 1.26 bits per heavy atom. The maximum Gasteiger partial charge on any atom is 0.326 e. The molecule has 2 unspecified atom stereocenters. The summed E-state index contributed by atoms with van der Waals surface area (Å²) in [5.41, 5.74) is 0. The first kappa shape index (κ1) is 15.4. The van der Waals surface area contributed by atoms with E-state index in [1.54, 1.807) is 0 Å². The summed E-state index contributed by atoms with van der Waals surface area (Å²) < 4.78 is 0. The molecule has 1 fully saturated rings. The summed E-state index contributed by atoms with van der Waals surface area (Å²) in [5.74, 6) is -2.13. The van der Waals surface area contributed by atoms with E-state index in [-0.39, 0.29) is 25.2 Å². The molecule has 0 radical (unpaired) electrons. The first-order valence-electron chi connectivity index (χ1n) is 6.43. The number of nitrogens with one attached hydrogen (secondary N) is 2. The molecule has 7 heteroatoms. The van der Waals surface area contributed by atoms with Crippen LogP contribution >= 0.6 is 0 Å². The third kappa shape index (κ3) is 6.19. The number of carboxylic acids is 2. The molecule has 0 bridgehead atoms. The van der Waals surface area contributed by atoms with E-state index in [0.717, 1.165) is 25.9 Å². The molecule has 7 nitrogen and oxygen atoms in total. The van der Waals surface area contributed by atoms with Gasteiger partial charge < -0.3 is 20.8 Å². The van der Waals surface area contributed by atoms with E-state index in [0.29, 0.717) is 5.92 Å². The van der Waals surface area contributed by atoms with Crippen molar-refractivity contribution in [1.82, 2.24) is 10.6 Å². The van der Waals surface area contributed by atoms with Crippen molar-refractivity contribution in [3.05, 3.63) is 0 Å². The minimum Gasteiger partial charge on any atom is -0.481 e. The SMILES string of the molecule is O=C(O)CCC(NC(=O)CCC1CCNC1)C(=O)O. The van der Waals surface area contributed by atoms with Gasteiger partial charge in [0, 0.05) is 12.8 Å². The molecular formula is C12H20N2O5. The minimum absolute atomic E-state index is 0.0958. The third-order valence-corrected chi connectivity index (χ3v) is 3.22. The van der Waals surface area contributed by atoms with E-state index in [2.05, 4.69) is 10.6 Å². The van der Waals surface area contributed by atoms with E-state index >= 15 is 0 Å². The van der Waals surface area contributed by atoms with Gasteiger partial charge in [-0.15, -0.1) is 0 Å². The first-order chi connectivity index (χ1) is 8.99. The van der Waals surface area contributed by atoms with Crippen molar-refractivity contribution >= 4 is 17.8 Å². The minimum atomic E-state index is -1.20. The Kier molecular flexibility index (Phi) is 6.27. The van der Waals surface area contributed by atoms with Crippen molar-refractivity contribution in [3.63, 3.8) is 0 Å². The number of hydrogen-bond acceptors (Lipinski definition) is 4.